The van der Waals surface area contributed by atoms with Crippen LogP contribution in [0.25, 0.3) is 10.6 Å². The number of hydrogen-bond acceptors (Lipinski definition) is 6. The summed E-state index contributed by atoms with van der Waals surface area (Å²) in [5.74, 6) is 0.603. The van der Waals surface area contributed by atoms with E-state index in [1.807, 2.05) is 24.6 Å². The lowest BCUT2D eigenvalue weighted by Gasteiger charge is -2.31. The Morgan fingerprint density at radius 1 is 1.35 bits per heavy atom. The molecule has 1 N–H and O–H groups in total. The molecular weight excluding hydrogens is 352 g/mol. The van der Waals surface area contributed by atoms with Gasteiger partial charge < -0.3 is 14.7 Å². The van der Waals surface area contributed by atoms with Crippen molar-refractivity contribution in [2.75, 3.05) is 39.8 Å². The minimum Gasteiger partial charge on any atom is -0.355 e. The van der Waals surface area contributed by atoms with Gasteiger partial charge in [-0.1, -0.05) is 17.6 Å². The molecule has 0 spiro atoms. The lowest BCUT2D eigenvalue weighted by atomic mass is 10.2. The molecule has 1 fully saturated rings. The van der Waals surface area contributed by atoms with Gasteiger partial charge in [-0.3, -0.25) is 14.5 Å². The summed E-state index contributed by atoms with van der Waals surface area (Å²) in [4.78, 5) is 28.7. The maximum Gasteiger partial charge on any atom is 0.273 e. The van der Waals surface area contributed by atoms with Crippen LogP contribution in [0.15, 0.2) is 28.1 Å². The fourth-order valence-corrected chi connectivity index (χ4v) is 3.52. The van der Waals surface area contributed by atoms with Crippen molar-refractivity contribution in [1.29, 1.82) is 0 Å². The molecule has 3 rings (SSSR count). The number of unbranched alkanes of at least 4 members (excludes halogenated alkanes) is 2. The average Bonchev–Trinajstić information content (AvgIpc) is 3.31. The molecule has 0 aromatic carbocycles. The highest BCUT2D eigenvalue weighted by Crippen LogP contribution is 2.25. The Balaban J connectivity index is 1.30. The topological polar surface area (TPSA) is 78.7 Å². The van der Waals surface area contributed by atoms with Gasteiger partial charge in [-0.05, 0) is 30.8 Å². The number of carbonyl (C=O) groups is 2. The van der Waals surface area contributed by atoms with Crippen LogP contribution >= 0.6 is 11.3 Å². The van der Waals surface area contributed by atoms with Gasteiger partial charge in [0.1, 0.15) is 0 Å². The van der Waals surface area contributed by atoms with Crippen LogP contribution in [-0.2, 0) is 4.79 Å². The lowest BCUT2D eigenvalue weighted by molar-refractivity contribution is -0.134. The second-order valence-corrected chi connectivity index (χ2v) is 7.41. The molecule has 0 bridgehead atoms. The summed E-state index contributed by atoms with van der Waals surface area (Å²) in [7, 11) is 1.85. The molecule has 0 saturated carbocycles. The van der Waals surface area contributed by atoms with Crippen molar-refractivity contribution in [2.45, 2.75) is 19.3 Å². The molecule has 1 aliphatic heterocycles. The maximum atomic E-state index is 12.1. The number of likely N-dealkylation sites (N-methyl/N-ethyl adjacent to an activating group) is 1. The Morgan fingerprint density at radius 2 is 2.23 bits per heavy atom. The predicted octanol–water partition coefficient (Wildman–Crippen LogP) is 2.08. The highest BCUT2D eigenvalue weighted by molar-refractivity contribution is 7.13. The van der Waals surface area contributed by atoms with Crippen LogP contribution in [0, 0.1) is 0 Å². The maximum absolute atomic E-state index is 12.1. The zero-order chi connectivity index (χ0) is 18.4. The second kappa shape index (κ2) is 8.95. The molecule has 0 aliphatic carbocycles. The molecule has 2 aromatic heterocycles. The molecule has 2 amide bonds. The zero-order valence-electron chi connectivity index (χ0n) is 14.9. The first-order valence-electron chi connectivity index (χ1n) is 8.88. The van der Waals surface area contributed by atoms with E-state index in [4.69, 9.17) is 4.52 Å². The van der Waals surface area contributed by atoms with Crippen molar-refractivity contribution in [3.05, 3.63) is 29.3 Å². The Morgan fingerprint density at radius 3 is 3.00 bits per heavy atom. The molecule has 0 unspecified atom stereocenters. The fraction of sp³-hybridized carbons (Fsp3) is 0.500. The number of nitrogens with one attached hydrogen (secondary N) is 1. The third-order valence-electron chi connectivity index (χ3n) is 4.48. The zero-order valence-corrected chi connectivity index (χ0v) is 15.8. The Bertz CT molecular complexity index is 729. The molecule has 3 heterocycles. The van der Waals surface area contributed by atoms with Gasteiger partial charge in [0.2, 0.25) is 5.91 Å². The van der Waals surface area contributed by atoms with Crippen LogP contribution in [0.3, 0.4) is 0 Å². The van der Waals surface area contributed by atoms with E-state index in [-0.39, 0.29) is 11.8 Å². The van der Waals surface area contributed by atoms with Crippen molar-refractivity contribution in [3.63, 3.8) is 0 Å². The molecule has 26 heavy (non-hydrogen) atoms. The van der Waals surface area contributed by atoms with Crippen molar-refractivity contribution < 1.29 is 14.1 Å². The van der Waals surface area contributed by atoms with Crippen molar-refractivity contribution in [2.24, 2.45) is 0 Å². The molecule has 2 aromatic rings. The van der Waals surface area contributed by atoms with Crippen LogP contribution in [0.4, 0.5) is 0 Å². The van der Waals surface area contributed by atoms with Gasteiger partial charge in [-0.25, -0.2) is 0 Å². The third-order valence-corrected chi connectivity index (χ3v) is 5.36. The van der Waals surface area contributed by atoms with E-state index < -0.39 is 0 Å². The van der Waals surface area contributed by atoms with E-state index in [0.29, 0.717) is 24.5 Å². The smallest absolute Gasteiger partial charge is 0.273 e. The molecule has 140 valence electrons. The largest absolute Gasteiger partial charge is 0.355 e. The number of carbonyl (C=O) groups excluding carboxylic acids is 2. The minimum atomic E-state index is -0.207. The number of piperazine rings is 1. The van der Waals surface area contributed by atoms with Crippen LogP contribution in [0.5, 0.6) is 0 Å². The number of amides is 2. The van der Waals surface area contributed by atoms with E-state index in [1.165, 1.54) is 0 Å². The summed E-state index contributed by atoms with van der Waals surface area (Å²) < 4.78 is 5.22. The van der Waals surface area contributed by atoms with Crippen molar-refractivity contribution >= 4 is 23.2 Å². The van der Waals surface area contributed by atoms with Gasteiger partial charge >= 0.3 is 0 Å². The van der Waals surface area contributed by atoms with Gasteiger partial charge in [-0.2, -0.15) is 0 Å². The normalized spacial score (nSPS) is 15.4. The molecule has 7 nitrogen and oxygen atoms in total. The van der Waals surface area contributed by atoms with Crippen LogP contribution in [-0.4, -0.2) is 66.5 Å². The number of hydrogen-bond donors (Lipinski definition) is 1. The Kier molecular flexibility index (Phi) is 6.40. The number of aromatic nitrogens is 1. The molecule has 0 atom stereocenters. The number of rotatable bonds is 8. The Labute approximate surface area is 156 Å². The highest BCUT2D eigenvalue weighted by atomic mass is 32.1. The average molecular weight is 376 g/mol. The first kappa shape index (κ1) is 18.6. The SMILES string of the molecule is CN1CCN(CCCCCNC(=O)c2cc(-c3cccs3)on2)CC1=O. The Hall–Kier alpha value is -2.19. The van der Waals surface area contributed by atoms with Gasteiger partial charge in [-0.15, -0.1) is 11.3 Å². The second-order valence-electron chi connectivity index (χ2n) is 6.46. The van der Waals surface area contributed by atoms with Crippen LogP contribution < -0.4 is 5.32 Å². The van der Waals surface area contributed by atoms with Gasteiger partial charge in [0.05, 0.1) is 11.4 Å². The van der Waals surface area contributed by atoms with E-state index >= 15 is 0 Å². The standard InChI is InChI=1S/C18H24N4O3S/c1-21-9-10-22(13-17(21)23)8-4-2-3-7-19-18(24)14-12-15(25-20-14)16-6-5-11-26-16/h5-6,11-12H,2-4,7-10,13H2,1H3,(H,19,24). The first-order chi connectivity index (χ1) is 12.6. The van der Waals surface area contributed by atoms with Gasteiger partial charge in [0.25, 0.3) is 5.91 Å². The fourth-order valence-electron chi connectivity index (χ4n) is 2.84. The molecule has 8 heteroatoms. The van der Waals surface area contributed by atoms with E-state index in [2.05, 4.69) is 15.4 Å². The van der Waals surface area contributed by atoms with E-state index in [9.17, 15) is 9.59 Å². The van der Waals surface area contributed by atoms with Crippen LogP contribution in [0.2, 0.25) is 0 Å². The predicted molar refractivity (Wildman–Crippen MR) is 100 cm³/mol. The third kappa shape index (κ3) is 4.92. The van der Waals surface area contributed by atoms with E-state index in [1.54, 1.807) is 22.3 Å². The first-order valence-corrected chi connectivity index (χ1v) is 9.76. The van der Waals surface area contributed by atoms with Gasteiger partial charge in [0, 0.05) is 32.7 Å². The lowest BCUT2D eigenvalue weighted by Crippen LogP contribution is -2.48. The molecule has 0 radical (unpaired) electrons. The minimum absolute atomic E-state index is 0.193. The quantitative estimate of drug-likeness (QED) is 0.714. The number of thiophene rings is 1. The summed E-state index contributed by atoms with van der Waals surface area (Å²) in [6.07, 6.45) is 2.95. The summed E-state index contributed by atoms with van der Waals surface area (Å²) in [5.41, 5.74) is 0.310. The highest BCUT2D eigenvalue weighted by Gasteiger charge is 2.20. The summed E-state index contributed by atoms with van der Waals surface area (Å²) in [6.45, 7) is 3.81. The van der Waals surface area contributed by atoms with Crippen molar-refractivity contribution in [3.8, 4) is 10.6 Å². The summed E-state index contributed by atoms with van der Waals surface area (Å²) in [5, 5.41) is 8.67. The van der Waals surface area contributed by atoms with E-state index in [0.717, 1.165) is 43.8 Å². The van der Waals surface area contributed by atoms with Crippen molar-refractivity contribution in [1.82, 2.24) is 20.3 Å². The monoisotopic (exact) mass is 376 g/mol. The van der Waals surface area contributed by atoms with Crippen LogP contribution in [0.1, 0.15) is 29.8 Å². The molecular formula is C18H24N4O3S. The molecule has 1 saturated heterocycles. The summed E-state index contributed by atoms with van der Waals surface area (Å²) in [6, 6.07) is 5.53. The molecule has 1 aliphatic rings. The summed E-state index contributed by atoms with van der Waals surface area (Å²) >= 11 is 1.55. The number of nitrogens with zero attached hydrogens (tertiary/aromatic N) is 3. The van der Waals surface area contributed by atoms with Gasteiger partial charge in [0.15, 0.2) is 11.5 Å².